The van der Waals surface area contributed by atoms with Gasteiger partial charge in [-0.05, 0) is 40.0 Å². The molecule has 2 aliphatic heterocycles. The largest absolute Gasteiger partial charge is 0.491 e. The third-order valence-corrected chi connectivity index (χ3v) is 7.23. The van der Waals surface area contributed by atoms with Crippen molar-refractivity contribution in [1.29, 1.82) is 0 Å². The third kappa shape index (κ3) is 4.38. The fourth-order valence-electron chi connectivity index (χ4n) is 4.79. The van der Waals surface area contributed by atoms with E-state index in [0.717, 1.165) is 36.8 Å². The van der Waals surface area contributed by atoms with Gasteiger partial charge in [-0.3, -0.25) is 4.79 Å². The van der Waals surface area contributed by atoms with Crippen LogP contribution in [-0.4, -0.2) is 83.1 Å². The second-order valence-electron chi connectivity index (χ2n) is 10.1. The first kappa shape index (κ1) is 23.3. The topological polar surface area (TPSA) is 91.1 Å². The van der Waals surface area contributed by atoms with Crippen molar-refractivity contribution in [3.05, 3.63) is 42.5 Å². The number of methoxy groups -OCH3 is 1. The number of fused-ring (bicyclic) bond motifs is 1. The van der Waals surface area contributed by atoms with Crippen LogP contribution < -0.4 is 19.9 Å². The van der Waals surface area contributed by atoms with Crippen LogP contribution >= 0.6 is 0 Å². The van der Waals surface area contributed by atoms with Crippen molar-refractivity contribution in [3.63, 3.8) is 0 Å². The van der Waals surface area contributed by atoms with Crippen molar-refractivity contribution in [2.75, 3.05) is 56.7 Å². The second kappa shape index (κ2) is 8.99. The smallest absolute Gasteiger partial charge is 0.227 e. The minimum atomic E-state index is -0.559. The Morgan fingerprint density at radius 1 is 1.11 bits per heavy atom. The summed E-state index contributed by atoms with van der Waals surface area (Å²) >= 11 is 0. The number of piperazine rings is 1. The van der Waals surface area contributed by atoms with Crippen LogP contribution in [0.2, 0.25) is 0 Å². The molecule has 3 aromatic heterocycles. The first-order chi connectivity index (χ1) is 16.8. The summed E-state index contributed by atoms with van der Waals surface area (Å²) in [6, 6.07) is 6.31. The van der Waals surface area contributed by atoms with Crippen molar-refractivity contribution in [2.45, 2.75) is 32.4 Å². The predicted molar refractivity (Wildman–Crippen MR) is 135 cm³/mol. The van der Waals surface area contributed by atoms with Gasteiger partial charge in [-0.25, -0.2) is 9.97 Å². The average molecular weight is 479 g/mol. The average Bonchev–Trinajstić information content (AvgIpc) is 3.25. The molecule has 1 N–H and O–H groups in total. The number of amides is 1. The van der Waals surface area contributed by atoms with E-state index in [0.29, 0.717) is 30.8 Å². The minimum Gasteiger partial charge on any atom is -0.491 e. The number of ether oxygens (including phenoxy) is 1. The SMILES string of the molecule is COc1cnc(N2CCN(C)[C@@H](C)C2)nc1N1CC(C(=O)NC(C)(C)c2cnc3ccccn23)C1. The van der Waals surface area contributed by atoms with Gasteiger partial charge >= 0.3 is 0 Å². The summed E-state index contributed by atoms with van der Waals surface area (Å²) < 4.78 is 7.56. The normalized spacial score (nSPS) is 19.6. The van der Waals surface area contributed by atoms with Gasteiger partial charge in [0.05, 0.1) is 36.7 Å². The maximum Gasteiger partial charge on any atom is 0.227 e. The number of carbonyl (C=O) groups is 1. The molecule has 1 amide bonds. The Hall–Kier alpha value is -3.40. The highest BCUT2D eigenvalue weighted by Gasteiger charge is 2.38. The highest BCUT2D eigenvalue weighted by Crippen LogP contribution is 2.33. The number of imidazole rings is 1. The van der Waals surface area contributed by atoms with Gasteiger partial charge < -0.3 is 29.2 Å². The number of nitrogens with zero attached hydrogens (tertiary/aromatic N) is 7. The number of aromatic nitrogens is 4. The van der Waals surface area contributed by atoms with Crippen LogP contribution in [0.15, 0.2) is 36.8 Å². The van der Waals surface area contributed by atoms with E-state index in [-0.39, 0.29) is 11.8 Å². The summed E-state index contributed by atoms with van der Waals surface area (Å²) in [6.07, 6.45) is 5.54. The molecule has 1 atom stereocenters. The van der Waals surface area contributed by atoms with E-state index in [9.17, 15) is 4.79 Å². The summed E-state index contributed by atoms with van der Waals surface area (Å²) in [5, 5.41) is 3.22. The molecule has 5 rings (SSSR count). The number of carbonyl (C=O) groups excluding carboxylic acids is 1. The summed E-state index contributed by atoms with van der Waals surface area (Å²) in [5.41, 5.74) is 1.25. The molecule has 3 aromatic rings. The molecule has 35 heavy (non-hydrogen) atoms. The van der Waals surface area contributed by atoms with Crippen LogP contribution in [0.4, 0.5) is 11.8 Å². The first-order valence-corrected chi connectivity index (χ1v) is 12.1. The standard InChI is InChI=1S/C25H34N8O2/c1-17-14-31(11-10-30(17)4)24-27-12-19(35-5)22(28-24)32-15-18(16-32)23(34)29-25(2,3)20-13-26-21-8-6-7-9-33(20)21/h6-9,12-13,17-18H,10-11,14-16H2,1-5H3,(H,29,34)/t17-/m0/s1. The maximum atomic E-state index is 13.1. The quantitative estimate of drug-likeness (QED) is 0.573. The number of rotatable bonds is 6. The van der Waals surface area contributed by atoms with E-state index in [4.69, 9.17) is 9.72 Å². The monoisotopic (exact) mass is 478 g/mol. The maximum absolute atomic E-state index is 13.1. The first-order valence-electron chi connectivity index (χ1n) is 12.1. The van der Waals surface area contributed by atoms with Crippen LogP contribution in [-0.2, 0) is 10.3 Å². The van der Waals surface area contributed by atoms with Crippen LogP contribution in [0, 0.1) is 5.92 Å². The van der Waals surface area contributed by atoms with Gasteiger partial charge in [0.1, 0.15) is 5.65 Å². The highest BCUT2D eigenvalue weighted by molar-refractivity contribution is 5.83. The molecule has 0 aromatic carbocycles. The van der Waals surface area contributed by atoms with Gasteiger partial charge in [-0.15, -0.1) is 0 Å². The Morgan fingerprint density at radius 2 is 1.91 bits per heavy atom. The molecule has 10 nitrogen and oxygen atoms in total. The Bertz CT molecular complexity index is 1220. The van der Waals surface area contributed by atoms with E-state index in [2.05, 4.69) is 44.0 Å². The van der Waals surface area contributed by atoms with Crippen molar-refractivity contribution in [2.24, 2.45) is 5.92 Å². The van der Waals surface area contributed by atoms with Crippen molar-refractivity contribution in [3.8, 4) is 5.75 Å². The number of likely N-dealkylation sites (N-methyl/N-ethyl adjacent to an activating group) is 1. The van der Waals surface area contributed by atoms with Crippen molar-refractivity contribution >= 4 is 23.3 Å². The number of anilines is 2. The molecule has 2 saturated heterocycles. The minimum absolute atomic E-state index is 0.0262. The molecular formula is C25H34N8O2. The Labute approximate surface area is 205 Å². The van der Waals surface area contributed by atoms with E-state index < -0.39 is 5.54 Å². The zero-order valence-corrected chi connectivity index (χ0v) is 21.1. The molecule has 0 saturated carbocycles. The van der Waals surface area contributed by atoms with Crippen LogP contribution in [0.1, 0.15) is 26.5 Å². The van der Waals surface area contributed by atoms with E-state index in [1.165, 1.54) is 0 Å². The molecule has 186 valence electrons. The van der Waals surface area contributed by atoms with Crippen LogP contribution in [0.25, 0.3) is 5.65 Å². The number of hydrogen-bond donors (Lipinski definition) is 1. The highest BCUT2D eigenvalue weighted by atomic mass is 16.5. The molecule has 0 radical (unpaired) electrons. The predicted octanol–water partition coefficient (Wildman–Crippen LogP) is 1.76. The molecule has 0 aliphatic carbocycles. The summed E-state index contributed by atoms with van der Waals surface area (Å²) in [4.78, 5) is 33.7. The molecular weight excluding hydrogens is 444 g/mol. The van der Waals surface area contributed by atoms with Gasteiger partial charge in [0, 0.05) is 45.0 Å². The van der Waals surface area contributed by atoms with Crippen LogP contribution in [0.5, 0.6) is 5.75 Å². The molecule has 0 bridgehead atoms. The van der Waals surface area contributed by atoms with Crippen molar-refractivity contribution in [1.82, 2.24) is 29.6 Å². The molecule has 0 spiro atoms. The molecule has 10 heteroatoms. The fourth-order valence-corrected chi connectivity index (χ4v) is 4.79. The second-order valence-corrected chi connectivity index (χ2v) is 10.1. The number of nitrogens with one attached hydrogen (secondary N) is 1. The Balaban J connectivity index is 1.26. The lowest BCUT2D eigenvalue weighted by molar-refractivity contribution is -0.127. The van der Waals surface area contributed by atoms with Gasteiger partial charge in [-0.1, -0.05) is 6.07 Å². The van der Waals surface area contributed by atoms with E-state index in [1.54, 1.807) is 13.3 Å². The van der Waals surface area contributed by atoms with Gasteiger partial charge in [0.15, 0.2) is 11.6 Å². The molecule has 5 heterocycles. The van der Waals surface area contributed by atoms with Crippen molar-refractivity contribution < 1.29 is 9.53 Å². The number of pyridine rings is 1. The van der Waals surface area contributed by atoms with E-state index >= 15 is 0 Å². The van der Waals surface area contributed by atoms with Gasteiger partial charge in [0.25, 0.3) is 0 Å². The lowest BCUT2D eigenvalue weighted by atomic mass is 9.95. The summed E-state index contributed by atoms with van der Waals surface area (Å²) in [6.45, 7) is 10.1. The third-order valence-electron chi connectivity index (χ3n) is 7.23. The van der Waals surface area contributed by atoms with Gasteiger partial charge in [0.2, 0.25) is 11.9 Å². The van der Waals surface area contributed by atoms with Gasteiger partial charge in [-0.2, -0.15) is 4.98 Å². The molecule has 0 unspecified atom stereocenters. The molecule has 2 aliphatic rings. The summed E-state index contributed by atoms with van der Waals surface area (Å²) in [7, 11) is 3.77. The zero-order valence-electron chi connectivity index (χ0n) is 21.1. The fraction of sp³-hybridized carbons (Fsp3) is 0.520. The lowest BCUT2D eigenvalue weighted by Gasteiger charge is -2.41. The lowest BCUT2D eigenvalue weighted by Crippen LogP contribution is -2.57. The van der Waals surface area contributed by atoms with E-state index in [1.807, 2.05) is 48.8 Å². The summed E-state index contributed by atoms with van der Waals surface area (Å²) in [5.74, 6) is 1.98. The van der Waals surface area contributed by atoms with Crippen LogP contribution in [0.3, 0.4) is 0 Å². The molecule has 2 fully saturated rings. The number of hydrogen-bond acceptors (Lipinski definition) is 8. The zero-order chi connectivity index (χ0) is 24.7. The Morgan fingerprint density at radius 3 is 2.66 bits per heavy atom. The Kier molecular flexibility index (Phi) is 6.00.